The Bertz CT molecular complexity index is 5690. The highest BCUT2D eigenvalue weighted by Crippen LogP contribution is 2.51. The fourth-order valence-corrected chi connectivity index (χ4v) is 13.9. The first kappa shape index (κ1) is 56.3. The third kappa shape index (κ3) is 10.2. The fraction of sp³-hybridized carbons (Fsp3) is 0.0345. The molecule has 0 N–H and O–H groups in total. The van der Waals surface area contributed by atoms with Gasteiger partial charge in [0.2, 0.25) is 0 Å². The van der Waals surface area contributed by atoms with Crippen LogP contribution in [0.1, 0.15) is 30.5 Å². The largest absolute Gasteiger partial charge is 0.256 e. The molecular formula is C87H56N8. The number of fused-ring (bicyclic) bond motifs is 6. The highest BCUT2D eigenvalue weighted by atomic mass is 15.0. The second-order valence-electron chi connectivity index (χ2n) is 24.7. The van der Waals surface area contributed by atoms with Gasteiger partial charge in [0.05, 0.1) is 17.1 Å². The van der Waals surface area contributed by atoms with Crippen LogP contribution < -0.4 is 0 Å². The molecular weight excluding hydrogens is 1160 g/mol. The molecule has 3 heterocycles. The molecule has 0 unspecified atom stereocenters. The lowest BCUT2D eigenvalue weighted by molar-refractivity contribution is 0.660. The maximum atomic E-state index is 9.82. The lowest BCUT2D eigenvalue weighted by atomic mass is 9.80. The number of hydrogen-bond acceptors (Lipinski definition) is 8. The topological polar surface area (TPSA) is 114 Å². The highest BCUT2D eigenvalue weighted by Gasteiger charge is 2.36. The van der Waals surface area contributed by atoms with Crippen molar-refractivity contribution in [2.24, 2.45) is 0 Å². The van der Waals surface area contributed by atoms with Gasteiger partial charge in [0.15, 0.2) is 34.9 Å². The molecule has 1 aliphatic carbocycles. The Balaban J connectivity index is 0.725. The van der Waals surface area contributed by atoms with E-state index in [0.717, 1.165) is 116 Å². The van der Waals surface area contributed by atoms with Crippen LogP contribution in [-0.2, 0) is 5.41 Å². The Hall–Kier alpha value is -12.7. The van der Waals surface area contributed by atoms with Crippen molar-refractivity contribution >= 4 is 32.4 Å². The van der Waals surface area contributed by atoms with Gasteiger partial charge < -0.3 is 0 Å². The normalized spacial score (nSPS) is 12.2. The van der Waals surface area contributed by atoms with E-state index in [-0.39, 0.29) is 5.41 Å². The van der Waals surface area contributed by atoms with Crippen molar-refractivity contribution in [3.8, 4) is 141 Å². The SMILES string of the molecule is CC1(C)c2cc(C#N)ccc2-c2ccc(-c3ccc4ccccc4c3-c3ccc(-c4nc(-c5ccccc5)nc(-c5cccc(-c6ccc7nccc(-c8ccc9ccccc9c8-c8ccc(-c9nc(-c%10ccccc%10)nc(-c%10ccccc%10)n9)cc8)c7c6)c5)n4)cc3)cc21. The Kier molecular flexibility index (Phi) is 13.8. The molecule has 8 nitrogen and oxygen atoms in total. The van der Waals surface area contributed by atoms with E-state index in [9.17, 15) is 5.26 Å². The number of aromatic nitrogens is 7. The third-order valence-corrected chi connectivity index (χ3v) is 18.7. The number of pyridine rings is 1. The van der Waals surface area contributed by atoms with Crippen molar-refractivity contribution in [1.82, 2.24) is 34.9 Å². The number of benzene rings is 13. The van der Waals surface area contributed by atoms with E-state index in [1.165, 1.54) is 27.6 Å². The van der Waals surface area contributed by atoms with Crippen molar-refractivity contribution in [2.45, 2.75) is 19.3 Å². The van der Waals surface area contributed by atoms with Crippen LogP contribution in [0, 0.1) is 11.3 Å². The zero-order chi connectivity index (χ0) is 63.6. The molecule has 17 rings (SSSR count). The molecule has 0 bridgehead atoms. The molecule has 1 aliphatic rings. The molecule has 0 aliphatic heterocycles. The third-order valence-electron chi connectivity index (χ3n) is 18.7. The minimum Gasteiger partial charge on any atom is -0.256 e. The van der Waals surface area contributed by atoms with Crippen LogP contribution in [0.25, 0.3) is 168 Å². The van der Waals surface area contributed by atoms with Crippen molar-refractivity contribution in [1.29, 1.82) is 5.26 Å². The van der Waals surface area contributed by atoms with Crippen molar-refractivity contribution in [2.75, 3.05) is 0 Å². The standard InChI is InChI=1S/C87H56N8/c1-87(2)76-49-54(53-88)29-42-72(76)73-44-40-66(52-77(73)87)70-43-38-55-17-12-14-27-68(55)79(70)57-30-34-63(35-31-57)85-93-83(61-23-10-5-11-24-61)94-86(95-85)67-26-16-25-64(50-67)65-41-46-78-75(51-65)71(47-48-89-78)74-45-39-56-18-13-15-28-69(56)80(74)58-32-36-62(37-33-58)84-91-81(59-19-6-3-7-20-59)90-82(92-84)60-21-8-4-9-22-60/h3-52H,1-2H3. The van der Waals surface area contributed by atoms with E-state index in [0.29, 0.717) is 40.5 Å². The highest BCUT2D eigenvalue weighted by molar-refractivity contribution is 6.09. The van der Waals surface area contributed by atoms with Gasteiger partial charge in [-0.25, -0.2) is 29.9 Å². The lowest BCUT2D eigenvalue weighted by Crippen LogP contribution is -2.15. The van der Waals surface area contributed by atoms with Crippen LogP contribution in [0.2, 0.25) is 0 Å². The maximum absolute atomic E-state index is 9.82. The molecule has 0 amide bonds. The summed E-state index contributed by atoms with van der Waals surface area (Å²) in [6, 6.07) is 106. The summed E-state index contributed by atoms with van der Waals surface area (Å²) in [4.78, 5) is 35.6. The van der Waals surface area contributed by atoms with Crippen LogP contribution in [0.15, 0.2) is 303 Å². The van der Waals surface area contributed by atoms with Gasteiger partial charge in [0.1, 0.15) is 0 Å². The summed E-state index contributed by atoms with van der Waals surface area (Å²) in [5, 5.41) is 15.5. The van der Waals surface area contributed by atoms with Gasteiger partial charge >= 0.3 is 0 Å². The molecule has 13 aromatic carbocycles. The predicted molar refractivity (Wildman–Crippen MR) is 386 cm³/mol. The minimum absolute atomic E-state index is 0.279. The first-order valence-corrected chi connectivity index (χ1v) is 31.9. The van der Waals surface area contributed by atoms with Crippen LogP contribution in [0.5, 0.6) is 0 Å². The predicted octanol–water partition coefficient (Wildman–Crippen LogP) is 21.4. The van der Waals surface area contributed by atoms with E-state index in [1.54, 1.807) is 0 Å². The molecule has 0 radical (unpaired) electrons. The van der Waals surface area contributed by atoms with Gasteiger partial charge in [0, 0.05) is 50.4 Å². The van der Waals surface area contributed by atoms with Gasteiger partial charge in [0.25, 0.3) is 0 Å². The Morgan fingerprint density at radius 3 is 1.22 bits per heavy atom. The summed E-state index contributed by atoms with van der Waals surface area (Å²) < 4.78 is 0. The Morgan fingerprint density at radius 1 is 0.274 bits per heavy atom. The molecule has 0 fully saturated rings. The monoisotopic (exact) mass is 1210 g/mol. The zero-order valence-electron chi connectivity index (χ0n) is 51.9. The summed E-state index contributed by atoms with van der Waals surface area (Å²) in [5.74, 6) is 3.58. The maximum Gasteiger partial charge on any atom is 0.164 e. The van der Waals surface area contributed by atoms with E-state index >= 15 is 0 Å². The number of rotatable bonds is 11. The summed E-state index contributed by atoms with van der Waals surface area (Å²) in [5.41, 5.74) is 22.4. The van der Waals surface area contributed by atoms with E-state index < -0.39 is 0 Å². The number of hydrogen-bond donors (Lipinski definition) is 0. The van der Waals surface area contributed by atoms with Crippen molar-refractivity contribution in [3.63, 3.8) is 0 Å². The zero-order valence-corrected chi connectivity index (χ0v) is 51.9. The number of nitriles is 1. The molecule has 0 saturated carbocycles. The van der Waals surface area contributed by atoms with Crippen LogP contribution >= 0.6 is 0 Å². The van der Waals surface area contributed by atoms with Gasteiger partial charge in [-0.1, -0.05) is 269 Å². The average Bonchev–Trinajstić information content (AvgIpc) is 1.61. The van der Waals surface area contributed by atoms with Gasteiger partial charge in [-0.15, -0.1) is 0 Å². The summed E-state index contributed by atoms with van der Waals surface area (Å²) in [6.45, 7) is 4.53. The molecule has 0 atom stereocenters. The minimum atomic E-state index is -0.279. The van der Waals surface area contributed by atoms with Crippen molar-refractivity contribution in [3.05, 3.63) is 320 Å². The lowest BCUT2D eigenvalue weighted by Gasteiger charge is -2.23. The van der Waals surface area contributed by atoms with Gasteiger partial charge in [-0.3, -0.25) is 4.98 Å². The molecule has 444 valence electrons. The quantitative estimate of drug-likeness (QED) is 0.126. The van der Waals surface area contributed by atoms with Gasteiger partial charge in [-0.2, -0.15) is 5.26 Å². The van der Waals surface area contributed by atoms with Crippen LogP contribution in [-0.4, -0.2) is 34.9 Å². The van der Waals surface area contributed by atoms with Gasteiger partial charge in [-0.05, 0) is 142 Å². The van der Waals surface area contributed by atoms with Crippen molar-refractivity contribution < 1.29 is 0 Å². The first-order valence-electron chi connectivity index (χ1n) is 31.9. The molecule has 16 aromatic rings. The summed E-state index contributed by atoms with van der Waals surface area (Å²) >= 11 is 0. The molecule has 8 heteroatoms. The second kappa shape index (κ2) is 23.2. The summed E-state index contributed by atoms with van der Waals surface area (Å²) in [7, 11) is 0. The first-order chi connectivity index (χ1) is 46.8. The van der Waals surface area contributed by atoms with E-state index in [1.807, 2.05) is 103 Å². The molecule has 3 aromatic heterocycles. The van der Waals surface area contributed by atoms with Crippen LogP contribution in [0.3, 0.4) is 0 Å². The van der Waals surface area contributed by atoms with E-state index in [2.05, 4.69) is 220 Å². The molecule has 0 saturated heterocycles. The summed E-state index contributed by atoms with van der Waals surface area (Å²) in [6.07, 6.45) is 1.91. The molecule has 0 spiro atoms. The van der Waals surface area contributed by atoms with Crippen LogP contribution in [0.4, 0.5) is 0 Å². The Labute approximate surface area is 550 Å². The Morgan fingerprint density at radius 2 is 0.674 bits per heavy atom. The van der Waals surface area contributed by atoms with E-state index in [4.69, 9.17) is 34.9 Å². The fourth-order valence-electron chi connectivity index (χ4n) is 13.9. The second-order valence-corrected chi connectivity index (χ2v) is 24.7. The number of nitrogens with zero attached hydrogens (tertiary/aromatic N) is 8. The molecule has 95 heavy (non-hydrogen) atoms. The average molecular weight is 1210 g/mol. The smallest absolute Gasteiger partial charge is 0.164 e.